The van der Waals surface area contributed by atoms with Crippen LogP contribution in [0.4, 0.5) is 0 Å². The van der Waals surface area contributed by atoms with E-state index in [-0.39, 0.29) is 27.3 Å². The summed E-state index contributed by atoms with van der Waals surface area (Å²) in [5.74, 6) is 0. The average Bonchev–Trinajstić information content (AvgIpc) is 2.41. The van der Waals surface area contributed by atoms with Crippen molar-refractivity contribution in [3.63, 3.8) is 0 Å². The van der Waals surface area contributed by atoms with Crippen LogP contribution in [0.2, 0.25) is 0 Å². The first-order chi connectivity index (χ1) is 11.3. The number of carbonyl (C=O) groups excluding carboxylic acids is 1. The number of hydrogen-bond donors (Lipinski definition) is 0. The van der Waals surface area contributed by atoms with E-state index in [4.69, 9.17) is 4.74 Å². The molecule has 0 saturated carbocycles. The molecule has 0 amide bonds. The molecule has 1 aliphatic rings. The number of rotatable bonds is 3. The molecule has 0 bridgehead atoms. The van der Waals surface area contributed by atoms with E-state index in [9.17, 15) is 4.79 Å². The second kappa shape index (κ2) is 8.31. The summed E-state index contributed by atoms with van der Waals surface area (Å²) in [6, 6.07) is 0. The number of hydrogen-bond acceptors (Lipinski definition) is 3. The number of nitrogens with zero attached hydrogens (tertiary/aromatic N) is 1. The number of likely N-dealkylation sites (tertiary alicyclic amines) is 1. The van der Waals surface area contributed by atoms with Gasteiger partial charge in [-0.3, -0.25) is 4.90 Å². The normalized spacial score (nSPS) is 23.6. The summed E-state index contributed by atoms with van der Waals surface area (Å²) in [6.45, 7) is 24.2. The van der Waals surface area contributed by atoms with Crippen LogP contribution in [0.1, 0.15) is 95.4 Å². The van der Waals surface area contributed by atoms with E-state index < -0.39 is 0 Å². The van der Waals surface area contributed by atoms with Crippen LogP contribution in [-0.2, 0) is 9.53 Å². The topological polar surface area (TPSA) is 29.5 Å². The highest BCUT2D eigenvalue weighted by Gasteiger charge is 2.43. The Bertz CT molecular complexity index is 436. The van der Waals surface area contributed by atoms with E-state index >= 15 is 0 Å². The van der Waals surface area contributed by atoms with Crippen molar-refractivity contribution in [2.75, 3.05) is 14.2 Å². The van der Waals surface area contributed by atoms with Crippen LogP contribution in [0.25, 0.3) is 0 Å². The summed E-state index contributed by atoms with van der Waals surface area (Å²) in [6.07, 6.45) is 4.74. The first-order valence-electron chi connectivity index (χ1n) is 10.0. The Kier molecular flexibility index (Phi) is 8.17. The van der Waals surface area contributed by atoms with E-state index in [1.54, 1.807) is 0 Å². The van der Waals surface area contributed by atoms with Crippen molar-refractivity contribution in [2.24, 2.45) is 16.2 Å². The van der Waals surface area contributed by atoms with Gasteiger partial charge in [-0.2, -0.15) is 0 Å². The predicted molar refractivity (Wildman–Crippen MR) is 114 cm³/mol. The Morgan fingerprint density at radius 2 is 1.35 bits per heavy atom. The largest absolute Gasteiger partial charge is 0.381 e. The van der Waals surface area contributed by atoms with Crippen molar-refractivity contribution in [3.8, 4) is 0 Å². The predicted octanol–water partition coefficient (Wildman–Crippen LogP) is 5.96. The second-order valence-electron chi connectivity index (χ2n) is 12.0. The van der Waals surface area contributed by atoms with Crippen molar-refractivity contribution in [2.45, 2.75) is 113 Å². The van der Waals surface area contributed by atoms with Gasteiger partial charge in [-0.1, -0.05) is 48.5 Å². The lowest BCUT2D eigenvalue weighted by molar-refractivity contribution is -0.123. The van der Waals surface area contributed by atoms with Gasteiger partial charge in [0, 0.05) is 23.6 Å². The summed E-state index contributed by atoms with van der Waals surface area (Å²) in [5.41, 5.74) is 0.543. The summed E-state index contributed by atoms with van der Waals surface area (Å²) >= 11 is 0. The van der Waals surface area contributed by atoms with Gasteiger partial charge in [0.1, 0.15) is 6.29 Å². The molecule has 26 heavy (non-hydrogen) atoms. The van der Waals surface area contributed by atoms with Crippen LogP contribution in [0, 0.1) is 16.2 Å². The van der Waals surface area contributed by atoms with E-state index in [2.05, 4.69) is 88.1 Å². The van der Waals surface area contributed by atoms with Crippen LogP contribution in [-0.4, -0.2) is 42.5 Å². The van der Waals surface area contributed by atoms with Gasteiger partial charge in [0.2, 0.25) is 0 Å². The van der Waals surface area contributed by atoms with Gasteiger partial charge < -0.3 is 9.53 Å². The van der Waals surface area contributed by atoms with Crippen LogP contribution >= 0.6 is 0 Å². The highest BCUT2D eigenvalue weighted by atomic mass is 16.5. The molecule has 0 radical (unpaired) electrons. The lowest BCUT2D eigenvalue weighted by Gasteiger charge is -2.53. The lowest BCUT2D eigenvalue weighted by Crippen LogP contribution is -2.60. The van der Waals surface area contributed by atoms with E-state index in [1.165, 1.54) is 0 Å². The summed E-state index contributed by atoms with van der Waals surface area (Å²) < 4.78 is 5.48. The first-order valence-corrected chi connectivity index (χ1v) is 10.0. The van der Waals surface area contributed by atoms with Crippen molar-refractivity contribution < 1.29 is 9.53 Å². The zero-order valence-electron chi connectivity index (χ0n) is 20.0. The fraction of sp³-hybridized carbons (Fsp3) is 0.957. The molecular weight excluding hydrogens is 322 g/mol. The highest BCUT2D eigenvalue weighted by molar-refractivity contribution is 5.60. The molecule has 1 heterocycles. The van der Waals surface area contributed by atoms with Gasteiger partial charge in [-0.15, -0.1) is 0 Å². The molecule has 3 nitrogen and oxygen atoms in total. The van der Waals surface area contributed by atoms with Gasteiger partial charge in [0.25, 0.3) is 0 Å². The molecule has 0 spiro atoms. The minimum absolute atomic E-state index is 0.0437. The molecule has 0 aromatic heterocycles. The Balaban J connectivity index is 0.000000481. The summed E-state index contributed by atoms with van der Waals surface area (Å²) in [4.78, 5) is 13.6. The standard InChI is InChI=1S/C12H24O.C11H23NO/c1-10(2,3)8-12(7,9-13)11(4,5)6;1-10(2)7-9(13-6)8-11(3,4)12(10)5/h9H,8H2,1-7H3;9H,7-8H2,1-6H3. The van der Waals surface area contributed by atoms with Gasteiger partial charge in [0.05, 0.1) is 6.10 Å². The number of piperidine rings is 1. The third-order valence-corrected chi connectivity index (χ3v) is 6.47. The third kappa shape index (κ3) is 6.96. The molecule has 0 aliphatic carbocycles. The number of aldehydes is 1. The number of ether oxygens (including phenoxy) is 1. The Hall–Kier alpha value is -0.410. The lowest BCUT2D eigenvalue weighted by atomic mass is 9.62. The van der Waals surface area contributed by atoms with Crippen molar-refractivity contribution in [1.29, 1.82) is 0 Å². The van der Waals surface area contributed by atoms with E-state index in [1.807, 2.05) is 7.11 Å². The molecule has 1 atom stereocenters. The van der Waals surface area contributed by atoms with Crippen LogP contribution in [0.5, 0.6) is 0 Å². The van der Waals surface area contributed by atoms with Gasteiger partial charge in [-0.25, -0.2) is 0 Å². The molecule has 1 fully saturated rings. The third-order valence-electron chi connectivity index (χ3n) is 6.47. The molecule has 1 aliphatic heterocycles. The van der Waals surface area contributed by atoms with Crippen molar-refractivity contribution in [3.05, 3.63) is 0 Å². The smallest absolute Gasteiger partial charge is 0.126 e. The maximum Gasteiger partial charge on any atom is 0.126 e. The zero-order chi connectivity index (χ0) is 21.2. The second-order valence-corrected chi connectivity index (χ2v) is 12.0. The Morgan fingerprint density at radius 3 is 1.54 bits per heavy atom. The molecule has 0 aromatic rings. The number of carbonyl (C=O) groups is 1. The fourth-order valence-electron chi connectivity index (χ4n) is 4.03. The van der Waals surface area contributed by atoms with Crippen LogP contribution in [0.15, 0.2) is 0 Å². The minimum atomic E-state index is -0.217. The van der Waals surface area contributed by atoms with Crippen LogP contribution < -0.4 is 0 Å². The molecule has 1 unspecified atom stereocenters. The summed E-state index contributed by atoms with van der Waals surface area (Å²) in [7, 11) is 4.04. The van der Waals surface area contributed by atoms with Gasteiger partial charge >= 0.3 is 0 Å². The molecule has 1 rings (SSSR count). The Morgan fingerprint density at radius 1 is 0.962 bits per heavy atom. The minimum Gasteiger partial charge on any atom is -0.381 e. The van der Waals surface area contributed by atoms with Gasteiger partial charge in [-0.05, 0) is 64.8 Å². The molecule has 0 aromatic carbocycles. The Labute approximate surface area is 164 Å². The molecule has 156 valence electrons. The van der Waals surface area contributed by atoms with Gasteiger partial charge in [0.15, 0.2) is 0 Å². The first kappa shape index (κ1) is 25.6. The molecule has 1 saturated heterocycles. The van der Waals surface area contributed by atoms with Crippen molar-refractivity contribution >= 4 is 6.29 Å². The number of methoxy groups -OCH3 is 1. The maximum atomic E-state index is 11.2. The quantitative estimate of drug-likeness (QED) is 0.575. The molecular formula is C23H47NO2. The zero-order valence-corrected chi connectivity index (χ0v) is 20.0. The molecule has 0 N–H and O–H groups in total. The van der Waals surface area contributed by atoms with Crippen molar-refractivity contribution in [1.82, 2.24) is 4.90 Å². The SMILES string of the molecule is CC(C)(C)CC(C)(C=O)C(C)(C)C.COC1CC(C)(C)N(C)C(C)(C)C1. The van der Waals surface area contributed by atoms with E-state index in [0.29, 0.717) is 6.10 Å². The maximum absolute atomic E-state index is 11.2. The van der Waals surface area contributed by atoms with E-state index in [0.717, 1.165) is 25.5 Å². The molecule has 3 heteroatoms. The fourth-order valence-corrected chi connectivity index (χ4v) is 4.03. The summed E-state index contributed by atoms with van der Waals surface area (Å²) in [5, 5.41) is 0. The highest BCUT2D eigenvalue weighted by Crippen LogP contribution is 2.44. The van der Waals surface area contributed by atoms with Crippen LogP contribution in [0.3, 0.4) is 0 Å². The monoisotopic (exact) mass is 369 g/mol. The average molecular weight is 370 g/mol.